The van der Waals surface area contributed by atoms with E-state index in [-0.39, 0.29) is 13.2 Å². The molecular weight excluding hydrogens is 224 g/mol. The van der Waals surface area contributed by atoms with E-state index in [2.05, 4.69) is 10.0 Å². The lowest BCUT2D eigenvalue weighted by Crippen LogP contribution is -2.65. The number of hydrogen-bond donors (Lipinski definition) is 5. The van der Waals surface area contributed by atoms with Gasteiger partial charge in [0.1, 0.15) is 0 Å². The highest BCUT2D eigenvalue weighted by atomic mass is 32.2. The molecule has 1 fully saturated rings. The largest absolute Gasteiger partial charge is 0.395 e. The van der Waals surface area contributed by atoms with Crippen LogP contribution in [0.4, 0.5) is 0 Å². The molecule has 1 rings (SSSR count). The highest BCUT2D eigenvalue weighted by Gasteiger charge is 2.37. The molecule has 0 unspecified atom stereocenters. The Hall–Kier alpha value is -0.250. The first-order valence-corrected chi connectivity index (χ1v) is 6.42. The molecular formula is C7H16N2O5S. The molecule has 1 heterocycles. The third-order valence-corrected chi connectivity index (χ3v) is 3.07. The van der Waals surface area contributed by atoms with Gasteiger partial charge in [-0.15, -0.1) is 0 Å². The fraction of sp³-hybridized carbons (Fsp3) is 1.00. The molecule has 0 saturated carbocycles. The zero-order valence-corrected chi connectivity index (χ0v) is 9.11. The molecule has 7 nitrogen and oxygen atoms in total. The summed E-state index contributed by atoms with van der Waals surface area (Å²) in [6.07, 6.45) is -1.44. The summed E-state index contributed by atoms with van der Waals surface area (Å²) in [5.41, 5.74) is 0. The van der Waals surface area contributed by atoms with Crippen molar-refractivity contribution in [2.75, 3.05) is 19.4 Å². The SMILES string of the molecule is CS(=O)(=O)N[C@H]1CN[C@H](CO)[C@@H](O)[C@@H]1O. The topological polar surface area (TPSA) is 119 Å². The van der Waals surface area contributed by atoms with Gasteiger partial charge in [-0.3, -0.25) is 0 Å². The van der Waals surface area contributed by atoms with Crippen LogP contribution in [0, 0.1) is 0 Å². The van der Waals surface area contributed by atoms with Gasteiger partial charge in [-0.05, 0) is 0 Å². The van der Waals surface area contributed by atoms with E-state index in [9.17, 15) is 18.6 Å². The summed E-state index contributed by atoms with van der Waals surface area (Å²) in [6.45, 7) is -0.152. The van der Waals surface area contributed by atoms with Crippen molar-refractivity contribution in [1.29, 1.82) is 0 Å². The van der Waals surface area contributed by atoms with Gasteiger partial charge in [0.05, 0.1) is 37.2 Å². The van der Waals surface area contributed by atoms with Crippen molar-refractivity contribution in [1.82, 2.24) is 10.0 Å². The predicted octanol–water partition coefficient (Wildman–Crippen LogP) is -3.41. The van der Waals surface area contributed by atoms with Gasteiger partial charge >= 0.3 is 0 Å². The summed E-state index contributed by atoms with van der Waals surface area (Å²) < 4.78 is 24.0. The van der Waals surface area contributed by atoms with Crippen LogP contribution in [0.2, 0.25) is 0 Å². The predicted molar refractivity (Wildman–Crippen MR) is 52.7 cm³/mol. The number of nitrogens with one attached hydrogen (secondary N) is 2. The first-order chi connectivity index (χ1) is 6.85. The van der Waals surface area contributed by atoms with Crippen molar-refractivity contribution < 1.29 is 23.7 Å². The van der Waals surface area contributed by atoms with Crippen molar-refractivity contribution in [3.8, 4) is 0 Å². The van der Waals surface area contributed by atoms with Crippen LogP contribution in [0.25, 0.3) is 0 Å². The van der Waals surface area contributed by atoms with Gasteiger partial charge in [-0.2, -0.15) is 0 Å². The minimum atomic E-state index is -3.43. The number of aliphatic hydroxyl groups excluding tert-OH is 3. The van der Waals surface area contributed by atoms with E-state index in [1.807, 2.05) is 0 Å². The van der Waals surface area contributed by atoms with E-state index in [1.54, 1.807) is 0 Å². The Morgan fingerprint density at radius 1 is 1.40 bits per heavy atom. The number of rotatable bonds is 3. The minimum Gasteiger partial charge on any atom is -0.395 e. The zero-order valence-electron chi connectivity index (χ0n) is 8.29. The van der Waals surface area contributed by atoms with Gasteiger partial charge in [-0.25, -0.2) is 13.1 Å². The van der Waals surface area contributed by atoms with Crippen molar-refractivity contribution in [3.63, 3.8) is 0 Å². The first kappa shape index (κ1) is 12.8. The fourth-order valence-corrected chi connectivity index (χ4v) is 2.33. The standard InChI is InChI=1S/C7H16N2O5S/c1-15(13,14)9-4-2-8-5(3-10)7(12)6(4)11/h4-12H,2-3H2,1H3/t4-,5+,6+,7+/m0/s1. The van der Waals surface area contributed by atoms with Crippen LogP contribution in [-0.4, -0.2) is 67.4 Å². The van der Waals surface area contributed by atoms with Crippen LogP contribution in [0.1, 0.15) is 0 Å². The van der Waals surface area contributed by atoms with Crippen molar-refractivity contribution in [3.05, 3.63) is 0 Å². The Kier molecular flexibility index (Phi) is 4.04. The fourth-order valence-electron chi connectivity index (χ4n) is 1.55. The van der Waals surface area contributed by atoms with E-state index in [1.165, 1.54) is 0 Å². The van der Waals surface area contributed by atoms with Crippen molar-refractivity contribution in [2.45, 2.75) is 24.3 Å². The molecule has 8 heteroatoms. The van der Waals surface area contributed by atoms with Crippen molar-refractivity contribution >= 4 is 10.0 Å². The number of piperidine rings is 1. The lowest BCUT2D eigenvalue weighted by Gasteiger charge is -2.37. The molecule has 0 amide bonds. The average Bonchev–Trinajstić information content (AvgIpc) is 2.11. The van der Waals surface area contributed by atoms with E-state index in [0.717, 1.165) is 6.26 Å². The van der Waals surface area contributed by atoms with E-state index < -0.39 is 34.3 Å². The molecule has 0 bridgehead atoms. The average molecular weight is 240 g/mol. The van der Waals surface area contributed by atoms with Gasteiger partial charge in [-0.1, -0.05) is 0 Å². The molecule has 0 aliphatic carbocycles. The Labute approximate surface area is 88.2 Å². The maximum absolute atomic E-state index is 10.9. The minimum absolute atomic E-state index is 0.163. The number of sulfonamides is 1. The maximum Gasteiger partial charge on any atom is 0.209 e. The molecule has 1 aliphatic heterocycles. The van der Waals surface area contributed by atoms with E-state index in [4.69, 9.17) is 5.11 Å². The third kappa shape index (κ3) is 3.37. The van der Waals surface area contributed by atoms with Gasteiger partial charge in [0.15, 0.2) is 0 Å². The smallest absolute Gasteiger partial charge is 0.209 e. The van der Waals surface area contributed by atoms with Gasteiger partial charge in [0.2, 0.25) is 10.0 Å². The van der Waals surface area contributed by atoms with Crippen molar-refractivity contribution in [2.24, 2.45) is 0 Å². The molecule has 0 radical (unpaired) electrons. The van der Waals surface area contributed by atoms with Gasteiger partial charge in [0.25, 0.3) is 0 Å². The Morgan fingerprint density at radius 3 is 2.47 bits per heavy atom. The molecule has 0 aromatic carbocycles. The molecule has 4 atom stereocenters. The molecule has 0 aromatic rings. The molecule has 1 saturated heterocycles. The summed E-state index contributed by atoms with van der Waals surface area (Å²) >= 11 is 0. The summed E-state index contributed by atoms with van der Waals surface area (Å²) in [6, 6.07) is -1.41. The van der Waals surface area contributed by atoms with Crippen LogP contribution in [0.3, 0.4) is 0 Å². The lowest BCUT2D eigenvalue weighted by atomic mass is 9.95. The molecule has 0 spiro atoms. The number of aliphatic hydroxyl groups is 3. The van der Waals surface area contributed by atoms with E-state index >= 15 is 0 Å². The first-order valence-electron chi connectivity index (χ1n) is 4.53. The lowest BCUT2D eigenvalue weighted by molar-refractivity contribution is -0.0510. The van der Waals surface area contributed by atoms with Crippen LogP contribution in [-0.2, 0) is 10.0 Å². The van der Waals surface area contributed by atoms with E-state index in [0.29, 0.717) is 0 Å². The van der Waals surface area contributed by atoms with Crippen LogP contribution < -0.4 is 10.0 Å². The third-order valence-electron chi connectivity index (χ3n) is 2.34. The highest BCUT2D eigenvalue weighted by molar-refractivity contribution is 7.88. The molecule has 1 aliphatic rings. The summed E-state index contributed by atoms with van der Waals surface area (Å²) in [5, 5.41) is 30.6. The monoisotopic (exact) mass is 240 g/mol. The Balaban J connectivity index is 2.64. The quantitative estimate of drug-likeness (QED) is 0.351. The number of hydrogen-bond acceptors (Lipinski definition) is 6. The molecule has 5 N–H and O–H groups in total. The maximum atomic E-state index is 10.9. The Morgan fingerprint density at radius 2 is 2.00 bits per heavy atom. The second-order valence-electron chi connectivity index (χ2n) is 3.68. The molecule has 0 aromatic heterocycles. The summed E-state index contributed by atoms with van der Waals surface area (Å²) in [7, 11) is -3.43. The van der Waals surface area contributed by atoms with Gasteiger partial charge in [0, 0.05) is 6.54 Å². The summed E-state index contributed by atoms with van der Waals surface area (Å²) in [5.74, 6) is 0. The molecule has 15 heavy (non-hydrogen) atoms. The second-order valence-corrected chi connectivity index (χ2v) is 5.46. The Bertz CT molecular complexity index is 307. The van der Waals surface area contributed by atoms with Gasteiger partial charge < -0.3 is 20.6 Å². The highest BCUT2D eigenvalue weighted by Crippen LogP contribution is 2.10. The van der Waals surface area contributed by atoms with Crippen LogP contribution in [0.5, 0.6) is 0 Å². The summed E-state index contributed by atoms with van der Waals surface area (Å²) in [4.78, 5) is 0. The van der Waals surface area contributed by atoms with Crippen LogP contribution in [0.15, 0.2) is 0 Å². The normalized spacial score (nSPS) is 37.9. The second kappa shape index (κ2) is 4.73. The van der Waals surface area contributed by atoms with Crippen LogP contribution >= 0.6 is 0 Å². The molecule has 90 valence electrons. The zero-order chi connectivity index (χ0) is 11.6.